The van der Waals surface area contributed by atoms with Crippen LogP contribution in [-0.2, 0) is 17.9 Å². The lowest BCUT2D eigenvalue weighted by molar-refractivity contribution is 0.0544. The molecule has 2 aliphatic rings. The molecule has 240 valence electrons. The summed E-state index contributed by atoms with van der Waals surface area (Å²) in [6.07, 6.45) is 1.33. The van der Waals surface area contributed by atoms with Crippen LogP contribution in [0.5, 0.6) is 0 Å². The maximum Gasteiger partial charge on any atom is 0.410 e. The second-order valence-corrected chi connectivity index (χ2v) is 11.9. The number of aliphatic imine (C=N–C) groups is 1. The molecule has 2 aliphatic heterocycles. The first kappa shape index (κ1) is 31.0. The molecule has 0 bridgehead atoms. The van der Waals surface area contributed by atoms with Crippen molar-refractivity contribution in [3.63, 3.8) is 0 Å². The van der Waals surface area contributed by atoms with Gasteiger partial charge >= 0.3 is 6.09 Å². The average molecular weight is 661 g/mol. The van der Waals surface area contributed by atoms with Gasteiger partial charge in [0.05, 0.1) is 18.0 Å². The summed E-state index contributed by atoms with van der Waals surface area (Å²) in [7, 11) is 0. The molecule has 48 heavy (non-hydrogen) atoms. The Labute approximate surface area is 281 Å². The predicted octanol–water partition coefficient (Wildman–Crippen LogP) is 7.13. The molecule has 3 heterocycles. The molecule has 1 fully saturated rings. The number of ether oxygens (including phenoxy) is 1. The molecule has 11 heteroatoms. The zero-order valence-electron chi connectivity index (χ0n) is 25.8. The summed E-state index contributed by atoms with van der Waals surface area (Å²) in [6, 6.07) is 28.6. The van der Waals surface area contributed by atoms with Crippen molar-refractivity contribution in [3.05, 3.63) is 142 Å². The van der Waals surface area contributed by atoms with Gasteiger partial charge in [-0.1, -0.05) is 60.1 Å². The number of rotatable bonds is 6. The van der Waals surface area contributed by atoms with Crippen LogP contribution in [0.2, 0.25) is 5.02 Å². The number of nitrogens with zero attached hydrogens (tertiary/aromatic N) is 5. The molecule has 0 aliphatic carbocycles. The molecule has 0 atom stereocenters. The first-order valence-corrected chi connectivity index (χ1v) is 15.9. The summed E-state index contributed by atoms with van der Waals surface area (Å²) >= 11 is 6.38. The lowest BCUT2D eigenvalue weighted by Crippen LogP contribution is -2.50. The number of nitrogens with one attached hydrogen (secondary N) is 1. The summed E-state index contributed by atoms with van der Waals surface area (Å²) in [5.74, 6) is -0.121. The Morgan fingerprint density at radius 2 is 1.56 bits per heavy atom. The highest BCUT2D eigenvalue weighted by Gasteiger charge is 2.26. The van der Waals surface area contributed by atoms with Crippen LogP contribution in [0.25, 0.3) is 11.3 Å². The number of carbonyl (C=O) groups is 2. The number of benzene rings is 4. The van der Waals surface area contributed by atoms with Crippen LogP contribution in [0, 0.1) is 5.82 Å². The van der Waals surface area contributed by atoms with Crippen molar-refractivity contribution >= 4 is 40.9 Å². The Kier molecular flexibility index (Phi) is 8.80. The fraction of sp³-hybridized carbons (Fsp3) is 0.162. The van der Waals surface area contributed by atoms with Crippen LogP contribution in [0.3, 0.4) is 0 Å². The molecule has 0 saturated carbocycles. The van der Waals surface area contributed by atoms with Gasteiger partial charge in [-0.15, -0.1) is 0 Å². The third kappa shape index (κ3) is 6.61. The molecule has 9 nitrogen and oxygen atoms in total. The maximum atomic E-state index is 14.8. The van der Waals surface area contributed by atoms with E-state index in [0.717, 1.165) is 16.7 Å². The van der Waals surface area contributed by atoms with Gasteiger partial charge in [-0.25, -0.2) is 19.2 Å². The predicted molar refractivity (Wildman–Crippen MR) is 182 cm³/mol. The van der Waals surface area contributed by atoms with Crippen LogP contribution >= 0.6 is 11.6 Å². The highest BCUT2D eigenvalue weighted by atomic mass is 35.5. The van der Waals surface area contributed by atoms with Crippen LogP contribution in [0.1, 0.15) is 32.6 Å². The number of hydrogen-bond acceptors (Lipinski definition) is 7. The molecule has 0 spiro atoms. The van der Waals surface area contributed by atoms with Crippen LogP contribution in [0.15, 0.2) is 108 Å². The van der Waals surface area contributed by atoms with Crippen molar-refractivity contribution in [3.8, 4) is 11.3 Å². The molecule has 4 aromatic carbocycles. The Hall–Kier alpha value is -5.61. The van der Waals surface area contributed by atoms with Crippen molar-refractivity contribution in [2.75, 3.05) is 31.5 Å². The summed E-state index contributed by atoms with van der Waals surface area (Å²) in [5.41, 5.74) is 5.96. The molecular weight excluding hydrogens is 631 g/mol. The Morgan fingerprint density at radius 1 is 0.833 bits per heavy atom. The number of halogens is 2. The van der Waals surface area contributed by atoms with E-state index in [1.807, 2.05) is 36.4 Å². The van der Waals surface area contributed by atoms with Crippen LogP contribution in [0.4, 0.5) is 20.8 Å². The van der Waals surface area contributed by atoms with Crippen molar-refractivity contribution in [1.29, 1.82) is 0 Å². The first-order valence-electron chi connectivity index (χ1n) is 15.5. The van der Waals surface area contributed by atoms with Gasteiger partial charge in [-0.3, -0.25) is 9.79 Å². The highest BCUT2D eigenvalue weighted by Crippen LogP contribution is 2.34. The van der Waals surface area contributed by atoms with Crippen LogP contribution in [-0.4, -0.2) is 63.7 Å². The maximum absolute atomic E-state index is 14.8. The molecule has 7 rings (SSSR count). The lowest BCUT2D eigenvalue weighted by Gasteiger charge is -2.34. The normalized spacial score (nSPS) is 13.9. The molecule has 0 unspecified atom stereocenters. The SMILES string of the molecule is O=C(OCc1ccccc1)N1CCN(C(=O)c2ccc(Nc3ncc4c(n3)-c3ccc(Cl)cc3C(c3ccccc3F)=NC4)cc2)CC1. The number of anilines is 2. The minimum Gasteiger partial charge on any atom is -0.445 e. The molecule has 1 aromatic heterocycles. The van der Waals surface area contributed by atoms with Gasteiger partial charge < -0.3 is 19.9 Å². The van der Waals surface area contributed by atoms with E-state index in [-0.39, 0.29) is 31.0 Å². The average Bonchev–Trinajstić information content (AvgIpc) is 3.27. The van der Waals surface area contributed by atoms with Crippen molar-refractivity contribution in [2.45, 2.75) is 13.2 Å². The lowest BCUT2D eigenvalue weighted by atomic mass is 9.95. The minimum atomic E-state index is -0.383. The number of aromatic nitrogens is 2. The zero-order valence-corrected chi connectivity index (χ0v) is 26.5. The van der Waals surface area contributed by atoms with Crippen molar-refractivity contribution in [1.82, 2.24) is 19.8 Å². The summed E-state index contributed by atoms with van der Waals surface area (Å²) in [6.45, 7) is 2.11. The highest BCUT2D eigenvalue weighted by molar-refractivity contribution is 6.31. The van der Waals surface area contributed by atoms with Gasteiger partial charge in [-0.2, -0.15) is 0 Å². The summed E-state index contributed by atoms with van der Waals surface area (Å²) in [5, 5.41) is 3.73. The number of hydrogen-bond donors (Lipinski definition) is 1. The molecule has 0 radical (unpaired) electrons. The van der Waals surface area contributed by atoms with Gasteiger partial charge in [0.2, 0.25) is 5.95 Å². The number of amides is 2. The molecule has 5 aromatic rings. The van der Waals surface area contributed by atoms with Gasteiger partial charge in [0.25, 0.3) is 5.91 Å². The number of piperazine rings is 1. The summed E-state index contributed by atoms with van der Waals surface area (Å²) in [4.78, 5) is 43.2. The smallest absolute Gasteiger partial charge is 0.410 e. The van der Waals surface area contributed by atoms with E-state index in [1.54, 1.807) is 70.6 Å². The first-order chi connectivity index (χ1) is 23.4. The second-order valence-electron chi connectivity index (χ2n) is 11.4. The van der Waals surface area contributed by atoms with E-state index in [0.29, 0.717) is 70.9 Å². The van der Waals surface area contributed by atoms with Gasteiger partial charge in [-0.05, 0) is 54.1 Å². The third-order valence-electron chi connectivity index (χ3n) is 8.31. The quantitative estimate of drug-likeness (QED) is 0.208. The topological polar surface area (TPSA) is 100 Å². The van der Waals surface area contributed by atoms with E-state index in [4.69, 9.17) is 26.3 Å². The van der Waals surface area contributed by atoms with E-state index in [9.17, 15) is 14.0 Å². The van der Waals surface area contributed by atoms with E-state index < -0.39 is 0 Å². The van der Waals surface area contributed by atoms with Crippen molar-refractivity contribution in [2.24, 2.45) is 4.99 Å². The standard InChI is InChI=1S/C37H30ClFN6O3/c38-27-12-15-29-31(20-27)34(30-8-4-5-9-32(30)39)40-21-26-22-41-36(43-33(26)29)42-28-13-10-25(11-14-28)35(46)44-16-18-45(19-17-44)37(47)48-23-24-6-2-1-3-7-24/h1-15,20,22H,16-19,21,23H2,(H,41,42,43). The van der Waals surface area contributed by atoms with Crippen molar-refractivity contribution < 1.29 is 18.7 Å². The second kappa shape index (κ2) is 13.6. The minimum absolute atomic E-state index is 0.110. The Bertz CT molecular complexity index is 2010. The van der Waals surface area contributed by atoms with E-state index in [2.05, 4.69) is 10.3 Å². The fourth-order valence-electron chi connectivity index (χ4n) is 5.78. The zero-order chi connectivity index (χ0) is 33.0. The van der Waals surface area contributed by atoms with Crippen LogP contribution < -0.4 is 5.32 Å². The monoisotopic (exact) mass is 660 g/mol. The molecular formula is C37H30ClFN6O3. The van der Waals surface area contributed by atoms with Gasteiger partial charge in [0.1, 0.15) is 12.4 Å². The third-order valence-corrected chi connectivity index (χ3v) is 8.55. The number of carbonyl (C=O) groups excluding carboxylic acids is 2. The largest absolute Gasteiger partial charge is 0.445 e. The van der Waals surface area contributed by atoms with E-state index in [1.165, 1.54) is 6.07 Å². The molecule has 1 saturated heterocycles. The molecule has 2 amide bonds. The fourth-order valence-corrected chi connectivity index (χ4v) is 5.95. The summed E-state index contributed by atoms with van der Waals surface area (Å²) < 4.78 is 20.3. The van der Waals surface area contributed by atoms with Gasteiger partial charge in [0.15, 0.2) is 0 Å². The molecule has 1 N–H and O–H groups in total. The Morgan fingerprint density at radius 3 is 2.33 bits per heavy atom. The van der Waals surface area contributed by atoms with Gasteiger partial charge in [0, 0.05) is 70.9 Å². The van der Waals surface area contributed by atoms with E-state index >= 15 is 0 Å². The number of fused-ring (bicyclic) bond motifs is 3. The Balaban J connectivity index is 1.01.